The highest BCUT2D eigenvalue weighted by Crippen LogP contribution is 2.29. The Balaban J connectivity index is 1.26. The van der Waals surface area contributed by atoms with Gasteiger partial charge in [-0.1, -0.05) is 24.3 Å². The number of imidazole rings is 1. The van der Waals surface area contributed by atoms with E-state index in [2.05, 4.69) is 35.9 Å². The van der Waals surface area contributed by atoms with E-state index >= 15 is 0 Å². The zero-order chi connectivity index (χ0) is 24.0. The Hall–Kier alpha value is -3.98. The van der Waals surface area contributed by atoms with Gasteiger partial charge in [-0.15, -0.1) is 0 Å². The van der Waals surface area contributed by atoms with Crippen LogP contribution in [0.2, 0.25) is 0 Å². The molecule has 1 aliphatic heterocycles. The predicted octanol–water partition coefficient (Wildman–Crippen LogP) is 3.37. The molecular formula is C26H29N7O2. The molecule has 180 valence electrons. The molecule has 5 rings (SSSR count). The second-order valence-electron chi connectivity index (χ2n) is 8.63. The summed E-state index contributed by atoms with van der Waals surface area (Å²) in [6.45, 7) is 2.99. The van der Waals surface area contributed by atoms with Gasteiger partial charge in [0, 0.05) is 18.8 Å². The van der Waals surface area contributed by atoms with E-state index < -0.39 is 0 Å². The molecule has 0 atom stereocenters. The van der Waals surface area contributed by atoms with Crippen molar-refractivity contribution in [3.63, 3.8) is 0 Å². The van der Waals surface area contributed by atoms with E-state index in [1.807, 2.05) is 36.4 Å². The van der Waals surface area contributed by atoms with Crippen molar-refractivity contribution in [2.24, 2.45) is 5.92 Å². The van der Waals surface area contributed by atoms with Gasteiger partial charge >= 0.3 is 0 Å². The van der Waals surface area contributed by atoms with Gasteiger partial charge in [-0.2, -0.15) is 4.98 Å². The van der Waals surface area contributed by atoms with Gasteiger partial charge < -0.3 is 25.7 Å². The number of para-hydroxylation sites is 2. The largest absolute Gasteiger partial charge is 0.477 e. The van der Waals surface area contributed by atoms with Crippen molar-refractivity contribution in [3.05, 3.63) is 66.1 Å². The first kappa shape index (κ1) is 22.8. The third-order valence-electron chi connectivity index (χ3n) is 6.20. The van der Waals surface area contributed by atoms with Gasteiger partial charge in [-0.25, -0.2) is 9.97 Å². The molecule has 35 heavy (non-hydrogen) atoms. The van der Waals surface area contributed by atoms with Gasteiger partial charge in [-0.05, 0) is 61.7 Å². The molecule has 0 aliphatic carbocycles. The summed E-state index contributed by atoms with van der Waals surface area (Å²) in [6.07, 6.45) is 3.95. The van der Waals surface area contributed by atoms with Gasteiger partial charge in [0.25, 0.3) is 5.91 Å². The number of fused-ring (bicyclic) bond motifs is 1. The third-order valence-corrected chi connectivity index (χ3v) is 6.20. The van der Waals surface area contributed by atoms with E-state index in [1.54, 1.807) is 25.4 Å². The average molecular weight is 472 g/mol. The fourth-order valence-electron chi connectivity index (χ4n) is 4.20. The fourth-order valence-corrected chi connectivity index (χ4v) is 4.20. The summed E-state index contributed by atoms with van der Waals surface area (Å²) in [5.74, 6) is 2.12. The highest BCUT2D eigenvalue weighted by Gasteiger charge is 2.17. The number of hydrogen-bond donors (Lipinski definition) is 4. The SMILES string of the molecule is CNc1ncc(-c2ccc(C(=O)NCc3nc4ccccc4[nH]3)cc2)c(OCC2CCNCC2)n1. The number of nitrogens with one attached hydrogen (secondary N) is 4. The number of aromatic nitrogens is 4. The summed E-state index contributed by atoms with van der Waals surface area (Å²) in [5, 5.41) is 9.27. The minimum atomic E-state index is -0.166. The first-order chi connectivity index (χ1) is 17.2. The summed E-state index contributed by atoms with van der Waals surface area (Å²) >= 11 is 0. The van der Waals surface area contributed by atoms with E-state index in [-0.39, 0.29) is 5.91 Å². The molecule has 1 amide bonds. The van der Waals surface area contributed by atoms with E-state index in [0.29, 0.717) is 42.3 Å². The molecule has 3 heterocycles. The Kier molecular flexibility index (Phi) is 6.85. The van der Waals surface area contributed by atoms with E-state index in [1.165, 1.54) is 0 Å². The van der Waals surface area contributed by atoms with Crippen molar-refractivity contribution >= 4 is 22.9 Å². The molecule has 0 radical (unpaired) electrons. The Labute approximate surface area is 203 Å². The summed E-state index contributed by atoms with van der Waals surface area (Å²) < 4.78 is 6.16. The molecule has 9 heteroatoms. The second kappa shape index (κ2) is 10.5. The number of piperidine rings is 1. The van der Waals surface area contributed by atoms with E-state index in [9.17, 15) is 4.79 Å². The van der Waals surface area contributed by atoms with Gasteiger partial charge in [0.05, 0.1) is 29.7 Å². The van der Waals surface area contributed by atoms with Crippen LogP contribution < -0.4 is 20.7 Å². The van der Waals surface area contributed by atoms with Crippen LogP contribution in [0.1, 0.15) is 29.0 Å². The normalized spacial score (nSPS) is 14.1. The first-order valence-electron chi connectivity index (χ1n) is 11.9. The molecule has 9 nitrogen and oxygen atoms in total. The van der Waals surface area contributed by atoms with Crippen molar-refractivity contribution < 1.29 is 9.53 Å². The van der Waals surface area contributed by atoms with Crippen molar-refractivity contribution in [1.82, 2.24) is 30.6 Å². The Morgan fingerprint density at radius 3 is 2.66 bits per heavy atom. The lowest BCUT2D eigenvalue weighted by molar-refractivity contribution is 0.0950. The summed E-state index contributed by atoms with van der Waals surface area (Å²) in [7, 11) is 1.78. The van der Waals surface area contributed by atoms with Gasteiger partial charge in [0.1, 0.15) is 5.82 Å². The maximum absolute atomic E-state index is 12.7. The van der Waals surface area contributed by atoms with Crippen molar-refractivity contribution in [2.45, 2.75) is 19.4 Å². The fraction of sp³-hybridized carbons (Fsp3) is 0.308. The molecule has 0 unspecified atom stereocenters. The first-order valence-corrected chi connectivity index (χ1v) is 11.9. The topological polar surface area (TPSA) is 117 Å². The number of carbonyl (C=O) groups excluding carboxylic acids is 1. The molecular weight excluding hydrogens is 442 g/mol. The number of benzene rings is 2. The molecule has 1 fully saturated rings. The highest BCUT2D eigenvalue weighted by atomic mass is 16.5. The molecule has 2 aromatic carbocycles. The average Bonchev–Trinajstić information content (AvgIpc) is 3.34. The van der Waals surface area contributed by atoms with Crippen molar-refractivity contribution in [3.8, 4) is 17.0 Å². The molecule has 4 aromatic rings. The Morgan fingerprint density at radius 1 is 1.09 bits per heavy atom. The number of nitrogens with zero attached hydrogens (tertiary/aromatic N) is 3. The standard InChI is InChI=1S/C26H29N7O2/c1-27-26-30-14-20(25(33-26)35-16-17-10-12-28-13-11-17)18-6-8-19(9-7-18)24(34)29-15-23-31-21-4-2-3-5-22(21)32-23/h2-9,14,17,28H,10-13,15-16H2,1H3,(H,29,34)(H,31,32)(H,27,30,33). The number of amides is 1. The number of H-pyrrole nitrogens is 1. The predicted molar refractivity (Wildman–Crippen MR) is 135 cm³/mol. The zero-order valence-electron chi connectivity index (χ0n) is 19.7. The summed E-state index contributed by atoms with van der Waals surface area (Å²) in [5.41, 5.74) is 4.08. The van der Waals surface area contributed by atoms with Gasteiger partial charge in [0.15, 0.2) is 0 Å². The van der Waals surface area contributed by atoms with Gasteiger partial charge in [0.2, 0.25) is 11.8 Å². The lowest BCUT2D eigenvalue weighted by Gasteiger charge is -2.23. The summed E-state index contributed by atoms with van der Waals surface area (Å²) in [6, 6.07) is 15.2. The third kappa shape index (κ3) is 5.41. The van der Waals surface area contributed by atoms with E-state index in [0.717, 1.165) is 48.1 Å². The van der Waals surface area contributed by atoms with Crippen LogP contribution >= 0.6 is 0 Å². The van der Waals surface area contributed by atoms with Crippen LogP contribution in [0.25, 0.3) is 22.2 Å². The van der Waals surface area contributed by atoms with Crippen LogP contribution in [-0.4, -0.2) is 52.6 Å². The number of rotatable bonds is 8. The molecule has 0 bridgehead atoms. The molecule has 0 saturated carbocycles. The van der Waals surface area contributed by atoms with E-state index in [4.69, 9.17) is 4.74 Å². The molecule has 2 aromatic heterocycles. The minimum Gasteiger partial charge on any atom is -0.477 e. The Morgan fingerprint density at radius 2 is 1.89 bits per heavy atom. The quantitative estimate of drug-likeness (QED) is 0.311. The maximum Gasteiger partial charge on any atom is 0.251 e. The monoisotopic (exact) mass is 471 g/mol. The van der Waals surface area contributed by atoms with Crippen LogP contribution in [-0.2, 0) is 6.54 Å². The maximum atomic E-state index is 12.7. The minimum absolute atomic E-state index is 0.166. The number of carbonyl (C=O) groups is 1. The second-order valence-corrected chi connectivity index (χ2v) is 8.63. The number of ether oxygens (including phenoxy) is 1. The van der Waals surface area contributed by atoms with Crippen molar-refractivity contribution in [1.29, 1.82) is 0 Å². The van der Waals surface area contributed by atoms with Crippen LogP contribution in [0.5, 0.6) is 5.88 Å². The lowest BCUT2D eigenvalue weighted by atomic mass is 9.99. The van der Waals surface area contributed by atoms with Crippen LogP contribution in [0.4, 0.5) is 5.95 Å². The number of aromatic amines is 1. The molecule has 1 saturated heterocycles. The van der Waals surface area contributed by atoms with Crippen LogP contribution in [0, 0.1) is 5.92 Å². The zero-order valence-corrected chi connectivity index (χ0v) is 19.7. The highest BCUT2D eigenvalue weighted by molar-refractivity contribution is 5.94. The number of anilines is 1. The molecule has 1 aliphatic rings. The van der Waals surface area contributed by atoms with Crippen LogP contribution in [0.15, 0.2) is 54.7 Å². The van der Waals surface area contributed by atoms with Gasteiger partial charge in [-0.3, -0.25) is 4.79 Å². The van der Waals surface area contributed by atoms with Crippen molar-refractivity contribution in [2.75, 3.05) is 32.1 Å². The van der Waals surface area contributed by atoms with Crippen LogP contribution in [0.3, 0.4) is 0 Å². The smallest absolute Gasteiger partial charge is 0.251 e. The Bertz CT molecular complexity index is 1260. The lowest BCUT2D eigenvalue weighted by Crippen LogP contribution is -2.30. The number of hydrogen-bond acceptors (Lipinski definition) is 7. The molecule has 4 N–H and O–H groups in total. The summed E-state index contributed by atoms with van der Waals surface area (Å²) in [4.78, 5) is 29.3. The molecule has 0 spiro atoms.